The SMILES string of the molecule is Cc1nc2c(N3CCC(F)(F)CC3)nc(N)cn2c1F. The summed E-state index contributed by atoms with van der Waals surface area (Å²) in [4.78, 5) is 9.92. The van der Waals surface area contributed by atoms with Crippen molar-refractivity contribution >= 4 is 17.3 Å². The second kappa shape index (κ2) is 4.26. The molecule has 0 saturated carbocycles. The number of hydrogen-bond donors (Lipinski definition) is 1. The molecule has 0 radical (unpaired) electrons. The smallest absolute Gasteiger partial charge is 0.251 e. The topological polar surface area (TPSA) is 59.5 Å². The standard InChI is InChI=1S/C12H14F3N5/c1-7-9(13)20-6-8(16)18-10(11(20)17-7)19-4-2-12(14,15)3-5-19/h6H,2-5,16H2,1H3. The lowest BCUT2D eigenvalue weighted by atomic mass is 10.1. The Kier molecular flexibility index (Phi) is 2.77. The van der Waals surface area contributed by atoms with Gasteiger partial charge in [-0.25, -0.2) is 18.7 Å². The normalized spacial score (nSPS) is 18.7. The maximum absolute atomic E-state index is 13.9. The van der Waals surface area contributed by atoms with Crippen LogP contribution in [0.25, 0.3) is 5.65 Å². The van der Waals surface area contributed by atoms with E-state index in [1.165, 1.54) is 17.5 Å². The molecule has 0 atom stereocenters. The molecule has 3 rings (SSSR count). The van der Waals surface area contributed by atoms with Crippen LogP contribution >= 0.6 is 0 Å². The molecule has 2 N–H and O–H groups in total. The summed E-state index contributed by atoms with van der Waals surface area (Å²) in [7, 11) is 0. The number of nitrogen functional groups attached to an aromatic ring is 1. The monoisotopic (exact) mass is 285 g/mol. The van der Waals surface area contributed by atoms with Crippen LogP contribution in [0.4, 0.5) is 24.8 Å². The Labute approximate surface area is 113 Å². The molecule has 1 saturated heterocycles. The van der Waals surface area contributed by atoms with E-state index in [0.717, 1.165) is 0 Å². The van der Waals surface area contributed by atoms with Gasteiger partial charge in [0.05, 0.1) is 11.9 Å². The second-order valence-electron chi connectivity index (χ2n) is 5.01. The number of imidazole rings is 1. The number of anilines is 2. The second-order valence-corrected chi connectivity index (χ2v) is 5.01. The van der Waals surface area contributed by atoms with E-state index in [4.69, 9.17) is 5.73 Å². The van der Waals surface area contributed by atoms with Gasteiger partial charge in [0.1, 0.15) is 5.82 Å². The summed E-state index contributed by atoms with van der Waals surface area (Å²) < 4.78 is 41.5. The van der Waals surface area contributed by atoms with Crippen molar-refractivity contribution in [3.05, 3.63) is 17.8 Å². The first-order valence-corrected chi connectivity index (χ1v) is 6.31. The molecular weight excluding hydrogens is 271 g/mol. The number of alkyl halides is 2. The third kappa shape index (κ3) is 2.04. The van der Waals surface area contributed by atoms with Crippen molar-refractivity contribution < 1.29 is 13.2 Å². The van der Waals surface area contributed by atoms with Gasteiger partial charge in [0.25, 0.3) is 5.92 Å². The molecule has 0 amide bonds. The highest BCUT2D eigenvalue weighted by Crippen LogP contribution is 2.31. The largest absolute Gasteiger partial charge is 0.382 e. The van der Waals surface area contributed by atoms with E-state index in [2.05, 4.69) is 9.97 Å². The Bertz CT molecular complexity index is 657. The van der Waals surface area contributed by atoms with E-state index >= 15 is 0 Å². The molecule has 2 aromatic rings. The molecular formula is C12H14F3N5. The van der Waals surface area contributed by atoms with Crippen molar-refractivity contribution in [2.24, 2.45) is 0 Å². The quantitative estimate of drug-likeness (QED) is 0.870. The maximum Gasteiger partial charge on any atom is 0.251 e. The number of piperidine rings is 1. The molecule has 0 spiro atoms. The molecule has 20 heavy (non-hydrogen) atoms. The Balaban J connectivity index is 2.05. The molecule has 108 valence electrons. The van der Waals surface area contributed by atoms with Crippen molar-refractivity contribution in [1.82, 2.24) is 14.4 Å². The molecule has 1 fully saturated rings. The Morgan fingerprint density at radius 1 is 1.25 bits per heavy atom. The van der Waals surface area contributed by atoms with Crippen LogP contribution in [-0.4, -0.2) is 33.4 Å². The van der Waals surface area contributed by atoms with Crippen LogP contribution in [0.2, 0.25) is 0 Å². The minimum atomic E-state index is -2.65. The minimum Gasteiger partial charge on any atom is -0.382 e. The molecule has 2 aromatic heterocycles. The highest BCUT2D eigenvalue weighted by molar-refractivity contribution is 5.67. The molecule has 1 aliphatic heterocycles. The lowest BCUT2D eigenvalue weighted by Gasteiger charge is -2.32. The highest BCUT2D eigenvalue weighted by atomic mass is 19.3. The fourth-order valence-corrected chi connectivity index (χ4v) is 2.39. The zero-order valence-corrected chi connectivity index (χ0v) is 10.9. The van der Waals surface area contributed by atoms with Gasteiger partial charge >= 0.3 is 0 Å². The Hall–Kier alpha value is -1.99. The number of aryl methyl sites for hydroxylation is 1. The van der Waals surface area contributed by atoms with Crippen molar-refractivity contribution in [1.29, 1.82) is 0 Å². The van der Waals surface area contributed by atoms with Crippen molar-refractivity contribution in [3.63, 3.8) is 0 Å². The zero-order valence-electron chi connectivity index (χ0n) is 10.9. The van der Waals surface area contributed by atoms with Gasteiger partial charge in [-0.3, -0.25) is 4.40 Å². The number of halogens is 3. The lowest BCUT2D eigenvalue weighted by Crippen LogP contribution is -2.40. The van der Waals surface area contributed by atoms with E-state index in [1.807, 2.05) is 0 Å². The number of fused-ring (bicyclic) bond motifs is 1. The van der Waals surface area contributed by atoms with Gasteiger partial charge in [-0.05, 0) is 6.92 Å². The molecule has 1 aliphatic rings. The maximum atomic E-state index is 13.9. The van der Waals surface area contributed by atoms with Crippen LogP contribution < -0.4 is 10.6 Å². The number of nitrogens with two attached hydrogens (primary N) is 1. The summed E-state index contributed by atoms with van der Waals surface area (Å²) in [6.45, 7) is 1.83. The first-order chi connectivity index (χ1) is 9.37. The van der Waals surface area contributed by atoms with Crippen LogP contribution in [0.15, 0.2) is 6.20 Å². The van der Waals surface area contributed by atoms with Crippen molar-refractivity contribution in [3.8, 4) is 0 Å². The predicted molar refractivity (Wildman–Crippen MR) is 68.5 cm³/mol. The molecule has 0 aromatic carbocycles. The third-order valence-electron chi connectivity index (χ3n) is 3.50. The van der Waals surface area contributed by atoms with Crippen LogP contribution in [-0.2, 0) is 0 Å². The van der Waals surface area contributed by atoms with E-state index in [0.29, 0.717) is 11.5 Å². The average molecular weight is 285 g/mol. The minimum absolute atomic E-state index is 0.126. The molecule has 3 heterocycles. The Morgan fingerprint density at radius 3 is 2.55 bits per heavy atom. The van der Waals surface area contributed by atoms with Gasteiger partial charge in [0.15, 0.2) is 11.5 Å². The number of nitrogens with zero attached hydrogens (tertiary/aromatic N) is 4. The fourth-order valence-electron chi connectivity index (χ4n) is 2.39. The zero-order chi connectivity index (χ0) is 14.5. The Morgan fingerprint density at radius 2 is 1.90 bits per heavy atom. The lowest BCUT2D eigenvalue weighted by molar-refractivity contribution is -0.0221. The summed E-state index contributed by atoms with van der Waals surface area (Å²) in [5.74, 6) is -2.68. The summed E-state index contributed by atoms with van der Waals surface area (Å²) in [5.41, 5.74) is 6.19. The third-order valence-corrected chi connectivity index (χ3v) is 3.50. The van der Waals surface area contributed by atoms with Gasteiger partial charge in [-0.15, -0.1) is 0 Å². The molecule has 8 heteroatoms. The highest BCUT2D eigenvalue weighted by Gasteiger charge is 2.35. The van der Waals surface area contributed by atoms with E-state index in [9.17, 15) is 13.2 Å². The summed E-state index contributed by atoms with van der Waals surface area (Å²) >= 11 is 0. The summed E-state index contributed by atoms with van der Waals surface area (Å²) in [6.07, 6.45) is 0.836. The average Bonchev–Trinajstić information content (AvgIpc) is 2.66. The molecule has 5 nitrogen and oxygen atoms in total. The first kappa shape index (κ1) is 13.0. The van der Waals surface area contributed by atoms with Crippen molar-refractivity contribution in [2.45, 2.75) is 25.7 Å². The number of rotatable bonds is 1. The fraction of sp³-hybridized carbons (Fsp3) is 0.500. The number of aromatic nitrogens is 3. The van der Waals surface area contributed by atoms with Crippen LogP contribution in [0.3, 0.4) is 0 Å². The molecule has 0 unspecified atom stereocenters. The number of hydrogen-bond acceptors (Lipinski definition) is 4. The van der Waals surface area contributed by atoms with E-state index < -0.39 is 11.9 Å². The first-order valence-electron chi connectivity index (χ1n) is 6.31. The van der Waals surface area contributed by atoms with Gasteiger partial charge < -0.3 is 10.6 Å². The van der Waals surface area contributed by atoms with E-state index in [-0.39, 0.29) is 37.4 Å². The van der Waals surface area contributed by atoms with Crippen LogP contribution in [0.5, 0.6) is 0 Å². The molecule has 0 bridgehead atoms. The van der Waals surface area contributed by atoms with Crippen LogP contribution in [0.1, 0.15) is 18.5 Å². The van der Waals surface area contributed by atoms with Gasteiger partial charge in [-0.1, -0.05) is 0 Å². The van der Waals surface area contributed by atoms with Gasteiger partial charge in [-0.2, -0.15) is 4.39 Å². The summed E-state index contributed by atoms with van der Waals surface area (Å²) in [5, 5.41) is 0. The van der Waals surface area contributed by atoms with Crippen molar-refractivity contribution in [2.75, 3.05) is 23.7 Å². The van der Waals surface area contributed by atoms with E-state index in [1.54, 1.807) is 4.90 Å². The molecule has 0 aliphatic carbocycles. The van der Waals surface area contributed by atoms with Crippen LogP contribution in [0, 0.1) is 12.9 Å². The van der Waals surface area contributed by atoms with Gasteiger partial charge in [0.2, 0.25) is 5.95 Å². The predicted octanol–water partition coefficient (Wildman–Crippen LogP) is 1.99. The van der Waals surface area contributed by atoms with Gasteiger partial charge in [0, 0.05) is 25.9 Å². The summed E-state index contributed by atoms with van der Waals surface area (Å²) in [6, 6.07) is 0.